The second-order valence-corrected chi connectivity index (χ2v) is 10.2. The zero-order valence-corrected chi connectivity index (χ0v) is 20.9. The lowest BCUT2D eigenvalue weighted by molar-refractivity contribution is -0.383. The van der Waals surface area contributed by atoms with E-state index in [-0.39, 0.29) is 40.9 Å². The van der Waals surface area contributed by atoms with E-state index in [1.54, 1.807) is 12.1 Å². The molecular weight excluding hydrogens is 466 g/mol. The number of hydrogen-bond acceptors (Lipinski definition) is 5. The fourth-order valence-electron chi connectivity index (χ4n) is 5.85. The summed E-state index contributed by atoms with van der Waals surface area (Å²) in [4.78, 5) is 38.8. The topological polar surface area (TPSA) is 92.6 Å². The minimum atomic E-state index is -0.460. The SMILES string of the molecule is C[C@@H]1CC[C@@H]2C(=O)N(c3ccc(NCCC(c4ccccc4)c4ccccc4)c([N+](=O)[O-])c3)C(=O)[C@H]2C1. The molecule has 0 bridgehead atoms. The van der Waals surface area contributed by atoms with E-state index in [4.69, 9.17) is 0 Å². The molecule has 0 radical (unpaired) electrons. The van der Waals surface area contributed by atoms with Gasteiger partial charge in [-0.15, -0.1) is 0 Å². The monoisotopic (exact) mass is 497 g/mol. The van der Waals surface area contributed by atoms with Crippen molar-refractivity contribution in [1.82, 2.24) is 0 Å². The van der Waals surface area contributed by atoms with Crippen molar-refractivity contribution >= 4 is 28.9 Å². The van der Waals surface area contributed by atoms with Crippen LogP contribution in [-0.2, 0) is 9.59 Å². The first-order chi connectivity index (χ1) is 17.9. The maximum atomic E-state index is 13.1. The zero-order valence-electron chi connectivity index (χ0n) is 20.9. The Morgan fingerprint density at radius 3 is 2.16 bits per heavy atom. The van der Waals surface area contributed by atoms with Gasteiger partial charge in [0.25, 0.3) is 5.69 Å². The summed E-state index contributed by atoms with van der Waals surface area (Å²) in [6.07, 6.45) is 3.04. The van der Waals surface area contributed by atoms with E-state index < -0.39 is 4.92 Å². The van der Waals surface area contributed by atoms with Crippen molar-refractivity contribution in [3.63, 3.8) is 0 Å². The molecule has 3 aromatic carbocycles. The lowest BCUT2D eigenvalue weighted by Gasteiger charge is -2.25. The molecule has 37 heavy (non-hydrogen) atoms. The Balaban J connectivity index is 1.34. The summed E-state index contributed by atoms with van der Waals surface area (Å²) in [6.45, 7) is 2.61. The quantitative estimate of drug-likeness (QED) is 0.229. The number of nitro benzene ring substituents is 1. The van der Waals surface area contributed by atoms with E-state index in [9.17, 15) is 19.7 Å². The molecule has 0 spiro atoms. The summed E-state index contributed by atoms with van der Waals surface area (Å²) < 4.78 is 0. The predicted octanol–water partition coefficient (Wildman–Crippen LogP) is 6.15. The molecule has 3 aromatic rings. The number of nitro groups is 1. The number of imide groups is 1. The first-order valence-electron chi connectivity index (χ1n) is 12.9. The molecule has 2 fully saturated rings. The molecule has 1 saturated heterocycles. The Labute approximate surface area is 216 Å². The van der Waals surface area contributed by atoms with Crippen LogP contribution in [0.4, 0.5) is 17.1 Å². The number of benzene rings is 3. The zero-order chi connectivity index (χ0) is 25.9. The van der Waals surface area contributed by atoms with Crippen molar-refractivity contribution in [3.8, 4) is 0 Å². The molecule has 3 atom stereocenters. The van der Waals surface area contributed by atoms with Gasteiger partial charge in [-0.3, -0.25) is 19.7 Å². The third kappa shape index (κ3) is 4.99. The Kier molecular flexibility index (Phi) is 7.04. The highest BCUT2D eigenvalue weighted by Crippen LogP contribution is 2.43. The van der Waals surface area contributed by atoms with Gasteiger partial charge in [-0.1, -0.05) is 67.6 Å². The number of fused-ring (bicyclic) bond motifs is 1. The lowest BCUT2D eigenvalue weighted by atomic mass is 9.76. The Bertz CT molecular complexity index is 1260. The highest BCUT2D eigenvalue weighted by atomic mass is 16.6. The van der Waals surface area contributed by atoms with Gasteiger partial charge in [0.15, 0.2) is 0 Å². The molecular formula is C30H31N3O4. The van der Waals surface area contributed by atoms with Gasteiger partial charge < -0.3 is 5.32 Å². The van der Waals surface area contributed by atoms with Crippen LogP contribution in [0.1, 0.15) is 49.7 Å². The number of rotatable bonds is 8. The maximum Gasteiger partial charge on any atom is 0.294 e. The molecule has 7 nitrogen and oxygen atoms in total. The van der Waals surface area contributed by atoms with Gasteiger partial charge in [0.1, 0.15) is 5.69 Å². The van der Waals surface area contributed by atoms with Crippen LogP contribution in [0.25, 0.3) is 0 Å². The standard InChI is InChI=1S/C30H31N3O4/c1-20-12-14-25-26(18-20)30(35)32(29(25)34)23-13-15-27(28(19-23)33(36)37)31-17-16-24(21-8-4-2-5-9-21)22-10-6-3-7-11-22/h2-11,13,15,19-20,24-26,31H,12,14,16-18H2,1H3/t20-,25+,26+/m1/s1. The molecule has 0 aromatic heterocycles. The van der Waals surface area contributed by atoms with E-state index in [0.717, 1.165) is 12.8 Å². The summed E-state index contributed by atoms with van der Waals surface area (Å²) >= 11 is 0. The number of nitrogens with zero attached hydrogens (tertiary/aromatic N) is 2. The van der Waals surface area contributed by atoms with E-state index in [1.807, 2.05) is 36.4 Å². The van der Waals surface area contributed by atoms with Crippen LogP contribution in [0.2, 0.25) is 0 Å². The first-order valence-corrected chi connectivity index (χ1v) is 12.9. The van der Waals surface area contributed by atoms with E-state index in [2.05, 4.69) is 36.5 Å². The summed E-state index contributed by atoms with van der Waals surface area (Å²) in [5, 5.41) is 15.2. The molecule has 190 valence electrons. The van der Waals surface area contributed by atoms with Crippen molar-refractivity contribution in [3.05, 3.63) is 100 Å². The Morgan fingerprint density at radius 2 is 1.54 bits per heavy atom. The minimum absolute atomic E-state index is 0.138. The lowest BCUT2D eigenvalue weighted by Crippen LogP contribution is -2.31. The van der Waals surface area contributed by atoms with Crippen LogP contribution in [-0.4, -0.2) is 23.3 Å². The van der Waals surface area contributed by atoms with Crippen LogP contribution in [0.15, 0.2) is 78.9 Å². The van der Waals surface area contributed by atoms with E-state index in [1.165, 1.54) is 22.1 Å². The number of hydrogen-bond donors (Lipinski definition) is 1. The van der Waals surface area contributed by atoms with Gasteiger partial charge in [-0.2, -0.15) is 0 Å². The summed E-state index contributed by atoms with van der Waals surface area (Å²) in [5.41, 5.74) is 2.88. The van der Waals surface area contributed by atoms with Gasteiger partial charge in [0.2, 0.25) is 11.8 Å². The average Bonchev–Trinajstić information content (AvgIpc) is 3.16. The molecule has 2 aliphatic rings. The predicted molar refractivity (Wildman–Crippen MR) is 143 cm³/mol. The largest absolute Gasteiger partial charge is 0.379 e. The van der Waals surface area contributed by atoms with Crippen LogP contribution in [0, 0.1) is 27.9 Å². The minimum Gasteiger partial charge on any atom is -0.379 e. The fraction of sp³-hybridized carbons (Fsp3) is 0.333. The number of carbonyl (C=O) groups is 2. The van der Waals surface area contributed by atoms with Crippen LogP contribution in [0.5, 0.6) is 0 Å². The van der Waals surface area contributed by atoms with Gasteiger partial charge in [0.05, 0.1) is 22.4 Å². The molecule has 1 heterocycles. The van der Waals surface area contributed by atoms with Crippen molar-refractivity contribution in [2.45, 2.75) is 38.5 Å². The number of carbonyl (C=O) groups excluding carboxylic acids is 2. The van der Waals surface area contributed by atoms with Gasteiger partial charge in [0, 0.05) is 18.5 Å². The smallest absolute Gasteiger partial charge is 0.294 e. The van der Waals surface area contributed by atoms with Crippen molar-refractivity contribution in [2.75, 3.05) is 16.8 Å². The van der Waals surface area contributed by atoms with E-state index in [0.29, 0.717) is 31.0 Å². The number of anilines is 2. The second-order valence-electron chi connectivity index (χ2n) is 10.2. The van der Waals surface area contributed by atoms with Crippen molar-refractivity contribution in [1.29, 1.82) is 0 Å². The van der Waals surface area contributed by atoms with Crippen molar-refractivity contribution in [2.24, 2.45) is 17.8 Å². The normalized spacial score (nSPS) is 21.2. The highest BCUT2D eigenvalue weighted by Gasteiger charge is 2.50. The fourth-order valence-corrected chi connectivity index (χ4v) is 5.85. The van der Waals surface area contributed by atoms with Crippen LogP contribution >= 0.6 is 0 Å². The molecule has 2 amide bonds. The Morgan fingerprint density at radius 1 is 0.919 bits per heavy atom. The second kappa shape index (κ2) is 10.5. The average molecular weight is 498 g/mol. The number of nitrogens with one attached hydrogen (secondary N) is 1. The van der Waals surface area contributed by atoms with Crippen LogP contribution < -0.4 is 10.2 Å². The molecule has 7 heteroatoms. The highest BCUT2D eigenvalue weighted by molar-refractivity contribution is 6.22. The third-order valence-corrected chi connectivity index (χ3v) is 7.78. The summed E-state index contributed by atoms with van der Waals surface area (Å²) in [5.74, 6) is -0.557. The molecule has 1 aliphatic carbocycles. The van der Waals surface area contributed by atoms with Crippen LogP contribution in [0.3, 0.4) is 0 Å². The van der Waals surface area contributed by atoms with Crippen molar-refractivity contribution < 1.29 is 14.5 Å². The third-order valence-electron chi connectivity index (χ3n) is 7.78. The Hall–Kier alpha value is -4.00. The molecule has 1 aliphatic heterocycles. The van der Waals surface area contributed by atoms with Gasteiger partial charge >= 0.3 is 0 Å². The molecule has 5 rings (SSSR count). The maximum absolute atomic E-state index is 13.1. The molecule has 1 saturated carbocycles. The molecule has 0 unspecified atom stereocenters. The summed E-state index contributed by atoms with van der Waals surface area (Å²) in [7, 11) is 0. The number of amides is 2. The van der Waals surface area contributed by atoms with Gasteiger partial charge in [-0.25, -0.2) is 4.90 Å². The summed E-state index contributed by atoms with van der Waals surface area (Å²) in [6, 6.07) is 25.0. The van der Waals surface area contributed by atoms with Gasteiger partial charge in [-0.05, 0) is 54.9 Å². The first kappa shape index (κ1) is 24.7. The van der Waals surface area contributed by atoms with E-state index >= 15 is 0 Å². The molecule has 1 N–H and O–H groups in total.